The van der Waals surface area contributed by atoms with E-state index in [1.165, 1.54) is 0 Å². The number of aryl methyl sites for hydroxylation is 1. The van der Waals surface area contributed by atoms with Gasteiger partial charge in [-0.2, -0.15) is 0 Å². The van der Waals surface area contributed by atoms with Gasteiger partial charge in [0.1, 0.15) is 11.6 Å². The molecular weight excluding hydrogens is 204 g/mol. The topological polar surface area (TPSA) is 84.1 Å². The van der Waals surface area contributed by atoms with Crippen LogP contribution in [0.3, 0.4) is 0 Å². The quantitative estimate of drug-likeness (QED) is 0.654. The van der Waals surface area contributed by atoms with E-state index in [0.29, 0.717) is 13.1 Å². The minimum atomic E-state index is -0.340. The van der Waals surface area contributed by atoms with Gasteiger partial charge in [-0.3, -0.25) is 0 Å². The van der Waals surface area contributed by atoms with Crippen LogP contribution in [-0.2, 0) is 6.42 Å². The van der Waals surface area contributed by atoms with Crippen LogP contribution in [0.15, 0.2) is 6.07 Å². The molecule has 1 aromatic rings. The predicted octanol–water partition coefficient (Wildman–Crippen LogP) is 0.469. The fourth-order valence-corrected chi connectivity index (χ4v) is 1.36. The van der Waals surface area contributed by atoms with E-state index < -0.39 is 0 Å². The lowest BCUT2D eigenvalue weighted by molar-refractivity contribution is 0.183. The fraction of sp³-hybridized carbons (Fsp3) is 0.636. The molecule has 0 radical (unpaired) electrons. The predicted molar refractivity (Wildman–Crippen MR) is 64.3 cm³/mol. The highest BCUT2D eigenvalue weighted by atomic mass is 16.3. The number of aromatic nitrogens is 2. The molecule has 0 aliphatic carbocycles. The minimum Gasteiger partial charge on any atom is -0.391 e. The molecule has 1 atom stereocenters. The summed E-state index contributed by atoms with van der Waals surface area (Å²) in [5, 5.41) is 12.5. The van der Waals surface area contributed by atoms with Gasteiger partial charge in [-0.05, 0) is 19.9 Å². The van der Waals surface area contributed by atoms with Crippen molar-refractivity contribution in [1.82, 2.24) is 9.97 Å². The van der Waals surface area contributed by atoms with Gasteiger partial charge < -0.3 is 16.2 Å². The van der Waals surface area contributed by atoms with Crippen molar-refractivity contribution in [1.29, 1.82) is 0 Å². The number of nitrogens with zero attached hydrogens (tertiary/aromatic N) is 2. The van der Waals surface area contributed by atoms with E-state index in [9.17, 15) is 5.11 Å². The van der Waals surface area contributed by atoms with Gasteiger partial charge in [0.15, 0.2) is 0 Å². The Morgan fingerprint density at radius 3 is 2.88 bits per heavy atom. The van der Waals surface area contributed by atoms with E-state index in [1.807, 2.05) is 19.9 Å². The third-order valence-corrected chi connectivity index (χ3v) is 2.28. The highest BCUT2D eigenvalue weighted by Gasteiger charge is 2.04. The lowest BCUT2D eigenvalue weighted by Gasteiger charge is -2.11. The summed E-state index contributed by atoms with van der Waals surface area (Å²) < 4.78 is 0. The van der Waals surface area contributed by atoms with Crippen molar-refractivity contribution in [3.63, 3.8) is 0 Å². The maximum absolute atomic E-state index is 9.44. The molecule has 5 nitrogen and oxygen atoms in total. The van der Waals surface area contributed by atoms with E-state index in [-0.39, 0.29) is 6.10 Å². The Hall–Kier alpha value is -1.20. The van der Waals surface area contributed by atoms with E-state index in [4.69, 9.17) is 5.73 Å². The molecule has 0 saturated heterocycles. The average Bonchev–Trinajstić information content (AvgIpc) is 2.25. The molecule has 0 fully saturated rings. The van der Waals surface area contributed by atoms with Gasteiger partial charge in [-0.1, -0.05) is 6.92 Å². The summed E-state index contributed by atoms with van der Waals surface area (Å²) in [5.74, 6) is 1.47. The van der Waals surface area contributed by atoms with Crippen LogP contribution < -0.4 is 11.1 Å². The van der Waals surface area contributed by atoms with Crippen molar-refractivity contribution in [3.8, 4) is 0 Å². The molecule has 4 N–H and O–H groups in total. The summed E-state index contributed by atoms with van der Waals surface area (Å²) in [7, 11) is 0. The third kappa shape index (κ3) is 4.12. The molecule has 0 amide bonds. The van der Waals surface area contributed by atoms with Crippen LogP contribution in [0.2, 0.25) is 0 Å². The molecule has 1 rings (SSSR count). The van der Waals surface area contributed by atoms with Crippen LogP contribution in [0, 0.1) is 6.92 Å². The number of hydrogen-bond acceptors (Lipinski definition) is 5. The first-order valence-electron chi connectivity index (χ1n) is 5.62. The van der Waals surface area contributed by atoms with E-state index in [2.05, 4.69) is 15.3 Å². The third-order valence-electron chi connectivity index (χ3n) is 2.28. The monoisotopic (exact) mass is 224 g/mol. The Balaban J connectivity index is 2.64. The summed E-state index contributed by atoms with van der Waals surface area (Å²) >= 11 is 0. The lowest BCUT2D eigenvalue weighted by atomic mass is 10.2. The van der Waals surface area contributed by atoms with Crippen LogP contribution in [0.5, 0.6) is 0 Å². The van der Waals surface area contributed by atoms with Gasteiger partial charge in [-0.15, -0.1) is 0 Å². The number of rotatable bonds is 6. The molecule has 0 saturated carbocycles. The zero-order valence-electron chi connectivity index (χ0n) is 9.90. The van der Waals surface area contributed by atoms with Crippen molar-refractivity contribution in [2.45, 2.75) is 32.8 Å². The summed E-state index contributed by atoms with van der Waals surface area (Å²) in [6.45, 7) is 4.88. The van der Waals surface area contributed by atoms with Crippen molar-refractivity contribution in [3.05, 3.63) is 17.6 Å². The van der Waals surface area contributed by atoms with Crippen molar-refractivity contribution in [2.24, 2.45) is 5.73 Å². The van der Waals surface area contributed by atoms with Crippen LogP contribution in [0.1, 0.15) is 24.9 Å². The molecule has 0 aliphatic heterocycles. The molecule has 16 heavy (non-hydrogen) atoms. The van der Waals surface area contributed by atoms with Gasteiger partial charge >= 0.3 is 0 Å². The second-order valence-corrected chi connectivity index (χ2v) is 3.77. The van der Waals surface area contributed by atoms with E-state index in [0.717, 1.165) is 30.2 Å². The number of anilines is 1. The Morgan fingerprint density at radius 2 is 2.25 bits per heavy atom. The van der Waals surface area contributed by atoms with E-state index >= 15 is 0 Å². The van der Waals surface area contributed by atoms with Crippen molar-refractivity contribution >= 4 is 5.82 Å². The smallest absolute Gasteiger partial charge is 0.130 e. The molecule has 0 bridgehead atoms. The van der Waals surface area contributed by atoms with Crippen LogP contribution in [-0.4, -0.2) is 34.3 Å². The molecule has 0 unspecified atom stereocenters. The molecular formula is C11H20N4O. The zero-order valence-corrected chi connectivity index (χ0v) is 9.90. The molecule has 90 valence electrons. The van der Waals surface area contributed by atoms with Crippen molar-refractivity contribution in [2.75, 3.05) is 18.4 Å². The highest BCUT2D eigenvalue weighted by Crippen LogP contribution is 2.07. The summed E-state index contributed by atoms with van der Waals surface area (Å²) in [5.41, 5.74) is 6.42. The molecule has 1 aromatic heterocycles. The second-order valence-electron chi connectivity index (χ2n) is 3.77. The first kappa shape index (κ1) is 12.9. The number of nitrogens with one attached hydrogen (secondary N) is 1. The van der Waals surface area contributed by atoms with Crippen LogP contribution >= 0.6 is 0 Å². The van der Waals surface area contributed by atoms with Crippen LogP contribution in [0.25, 0.3) is 0 Å². The lowest BCUT2D eigenvalue weighted by Crippen LogP contribution is -2.19. The SMILES string of the molecule is CC[C@H](O)CNc1cc(CCN)nc(C)n1. The maximum Gasteiger partial charge on any atom is 0.130 e. The first-order valence-corrected chi connectivity index (χ1v) is 5.62. The molecule has 0 spiro atoms. The number of nitrogens with two attached hydrogens (primary N) is 1. The largest absolute Gasteiger partial charge is 0.391 e. The molecule has 5 heteroatoms. The van der Waals surface area contributed by atoms with Gasteiger partial charge in [0.05, 0.1) is 6.10 Å². The Kier molecular flexibility index (Phi) is 5.14. The maximum atomic E-state index is 9.44. The Morgan fingerprint density at radius 1 is 1.50 bits per heavy atom. The standard InChI is InChI=1S/C11H20N4O/c1-3-10(16)7-13-11-6-9(4-5-12)14-8(2)15-11/h6,10,16H,3-5,7,12H2,1-2H3,(H,13,14,15)/t10-/m0/s1. The first-order chi connectivity index (χ1) is 7.65. The minimum absolute atomic E-state index is 0.340. The fourth-order valence-electron chi connectivity index (χ4n) is 1.36. The van der Waals surface area contributed by atoms with Gasteiger partial charge in [0, 0.05) is 24.7 Å². The number of aliphatic hydroxyl groups is 1. The summed E-state index contributed by atoms with van der Waals surface area (Å²) in [4.78, 5) is 8.53. The average molecular weight is 224 g/mol. The van der Waals surface area contributed by atoms with Crippen molar-refractivity contribution < 1.29 is 5.11 Å². The van der Waals surface area contributed by atoms with E-state index in [1.54, 1.807) is 0 Å². The molecule has 0 aromatic carbocycles. The summed E-state index contributed by atoms with van der Waals surface area (Å²) in [6.07, 6.45) is 1.13. The summed E-state index contributed by atoms with van der Waals surface area (Å²) in [6, 6.07) is 1.88. The number of aliphatic hydroxyl groups excluding tert-OH is 1. The highest BCUT2D eigenvalue weighted by molar-refractivity contribution is 5.36. The Bertz CT molecular complexity index is 330. The second kappa shape index (κ2) is 6.40. The van der Waals surface area contributed by atoms with Crippen LogP contribution in [0.4, 0.5) is 5.82 Å². The van der Waals surface area contributed by atoms with Gasteiger partial charge in [0.2, 0.25) is 0 Å². The zero-order chi connectivity index (χ0) is 12.0. The molecule has 0 aliphatic rings. The molecule has 1 heterocycles. The van der Waals surface area contributed by atoms with Gasteiger partial charge in [-0.25, -0.2) is 9.97 Å². The number of hydrogen-bond donors (Lipinski definition) is 3. The normalized spacial score (nSPS) is 12.5. The Labute approximate surface area is 96.1 Å². The van der Waals surface area contributed by atoms with Gasteiger partial charge in [0.25, 0.3) is 0 Å².